The largest absolute Gasteiger partial charge is 0.463 e. The van der Waals surface area contributed by atoms with E-state index in [1.165, 1.54) is 55.9 Å². The topological polar surface area (TPSA) is 81.7 Å². The molecule has 1 amide bonds. The van der Waals surface area contributed by atoms with Crippen LogP contribution < -0.4 is 5.32 Å². The molecule has 0 saturated heterocycles. The summed E-state index contributed by atoms with van der Waals surface area (Å²) in [5.74, 6) is -1.14. The van der Waals surface area contributed by atoms with Crippen molar-refractivity contribution in [3.63, 3.8) is 0 Å². The number of carbonyl (C=O) groups excluding carboxylic acids is 3. The SMILES string of the molecule is CCCCc1ccc(-c2ccc(CCCCCC(COC(C)=O)(COC(C)=O)NC(C)=O)cc2)cc1. The van der Waals surface area contributed by atoms with Gasteiger partial charge in [0, 0.05) is 20.8 Å². The number of esters is 2. The van der Waals surface area contributed by atoms with Gasteiger partial charge in [-0.3, -0.25) is 14.4 Å². The molecule has 1 N–H and O–H groups in total. The van der Waals surface area contributed by atoms with Crippen LogP contribution in [0.1, 0.15) is 77.3 Å². The van der Waals surface area contributed by atoms with Gasteiger partial charge in [-0.15, -0.1) is 0 Å². The van der Waals surface area contributed by atoms with Crippen molar-refractivity contribution in [3.05, 3.63) is 59.7 Å². The van der Waals surface area contributed by atoms with Crippen LogP contribution in [0.3, 0.4) is 0 Å². The fourth-order valence-corrected chi connectivity index (χ4v) is 4.25. The van der Waals surface area contributed by atoms with Crippen molar-refractivity contribution in [3.8, 4) is 11.1 Å². The number of ether oxygens (including phenoxy) is 2. The Morgan fingerprint density at radius 2 is 1.17 bits per heavy atom. The van der Waals surface area contributed by atoms with E-state index in [4.69, 9.17) is 9.47 Å². The summed E-state index contributed by atoms with van der Waals surface area (Å²) in [7, 11) is 0. The van der Waals surface area contributed by atoms with Gasteiger partial charge in [-0.05, 0) is 54.4 Å². The van der Waals surface area contributed by atoms with E-state index in [2.05, 4.69) is 60.8 Å². The molecule has 0 aliphatic rings. The van der Waals surface area contributed by atoms with Gasteiger partial charge >= 0.3 is 11.9 Å². The first-order valence-corrected chi connectivity index (χ1v) is 13.0. The predicted octanol–water partition coefficient (Wildman–Crippen LogP) is 5.80. The summed E-state index contributed by atoms with van der Waals surface area (Å²) in [4.78, 5) is 34.6. The van der Waals surface area contributed by atoms with Crippen LogP contribution in [-0.4, -0.2) is 36.6 Å². The van der Waals surface area contributed by atoms with Gasteiger partial charge in [-0.1, -0.05) is 74.7 Å². The van der Waals surface area contributed by atoms with E-state index in [0.29, 0.717) is 6.42 Å². The molecule has 0 aromatic heterocycles. The fourth-order valence-electron chi connectivity index (χ4n) is 4.25. The van der Waals surface area contributed by atoms with Crippen LogP contribution >= 0.6 is 0 Å². The summed E-state index contributed by atoms with van der Waals surface area (Å²) in [5, 5.41) is 2.85. The Balaban J connectivity index is 1.87. The van der Waals surface area contributed by atoms with Gasteiger partial charge in [-0.25, -0.2) is 0 Å². The summed E-state index contributed by atoms with van der Waals surface area (Å²) in [6.07, 6.45) is 7.78. The van der Waals surface area contributed by atoms with E-state index >= 15 is 0 Å². The van der Waals surface area contributed by atoms with Gasteiger partial charge in [0.25, 0.3) is 0 Å². The van der Waals surface area contributed by atoms with Gasteiger partial charge in [0.1, 0.15) is 18.8 Å². The minimum absolute atomic E-state index is 0.0315. The Labute approximate surface area is 215 Å². The van der Waals surface area contributed by atoms with Crippen molar-refractivity contribution in [1.82, 2.24) is 5.32 Å². The first-order chi connectivity index (χ1) is 17.2. The maximum atomic E-state index is 11.8. The smallest absolute Gasteiger partial charge is 0.302 e. The van der Waals surface area contributed by atoms with Crippen molar-refractivity contribution in [1.29, 1.82) is 0 Å². The molecule has 0 bridgehead atoms. The van der Waals surface area contributed by atoms with E-state index in [0.717, 1.165) is 32.1 Å². The van der Waals surface area contributed by atoms with Crippen LogP contribution in [0.2, 0.25) is 0 Å². The lowest BCUT2D eigenvalue weighted by molar-refractivity contribution is -0.150. The second-order valence-corrected chi connectivity index (χ2v) is 9.58. The molecule has 0 heterocycles. The summed E-state index contributed by atoms with van der Waals surface area (Å²) >= 11 is 0. The molecule has 0 unspecified atom stereocenters. The van der Waals surface area contributed by atoms with E-state index in [-0.39, 0.29) is 19.1 Å². The quantitative estimate of drug-likeness (QED) is 0.249. The van der Waals surface area contributed by atoms with Crippen LogP contribution in [0, 0.1) is 0 Å². The number of amides is 1. The van der Waals surface area contributed by atoms with Gasteiger partial charge in [0.15, 0.2) is 0 Å². The molecule has 0 aliphatic carbocycles. The number of rotatable bonds is 15. The molecule has 0 atom stereocenters. The maximum absolute atomic E-state index is 11.8. The number of aryl methyl sites for hydroxylation is 2. The molecule has 0 spiro atoms. The third-order valence-electron chi connectivity index (χ3n) is 6.23. The predicted molar refractivity (Wildman–Crippen MR) is 142 cm³/mol. The molecule has 0 radical (unpaired) electrons. The number of unbranched alkanes of at least 4 members (excludes halogenated alkanes) is 3. The summed E-state index contributed by atoms with van der Waals surface area (Å²) in [6, 6.07) is 17.6. The second-order valence-electron chi connectivity index (χ2n) is 9.58. The number of hydrogen-bond donors (Lipinski definition) is 1. The Kier molecular flexibility index (Phi) is 12.2. The molecule has 6 nitrogen and oxygen atoms in total. The van der Waals surface area contributed by atoms with Crippen LogP contribution in [-0.2, 0) is 36.7 Å². The normalized spacial score (nSPS) is 11.1. The molecule has 2 rings (SSSR count). The highest BCUT2D eigenvalue weighted by molar-refractivity contribution is 5.74. The average molecular weight is 496 g/mol. The molecule has 196 valence electrons. The van der Waals surface area contributed by atoms with E-state index in [1.807, 2.05) is 0 Å². The lowest BCUT2D eigenvalue weighted by Gasteiger charge is -2.33. The third kappa shape index (κ3) is 10.6. The molecule has 36 heavy (non-hydrogen) atoms. The molecular weight excluding hydrogens is 454 g/mol. The van der Waals surface area contributed by atoms with Gasteiger partial charge in [-0.2, -0.15) is 0 Å². The van der Waals surface area contributed by atoms with Crippen LogP contribution in [0.15, 0.2) is 48.5 Å². The van der Waals surface area contributed by atoms with Crippen molar-refractivity contribution in [2.75, 3.05) is 13.2 Å². The Bertz CT molecular complexity index is 948. The minimum Gasteiger partial charge on any atom is -0.463 e. The lowest BCUT2D eigenvalue weighted by Crippen LogP contribution is -2.55. The number of benzene rings is 2. The third-order valence-corrected chi connectivity index (χ3v) is 6.23. The zero-order chi connectivity index (χ0) is 26.4. The first-order valence-electron chi connectivity index (χ1n) is 13.0. The molecule has 2 aromatic rings. The number of hydrogen-bond acceptors (Lipinski definition) is 5. The van der Waals surface area contributed by atoms with Crippen LogP contribution in [0.4, 0.5) is 0 Å². The highest BCUT2D eigenvalue weighted by atomic mass is 16.5. The van der Waals surface area contributed by atoms with Gasteiger partial charge in [0.2, 0.25) is 5.91 Å². The van der Waals surface area contributed by atoms with E-state index in [9.17, 15) is 14.4 Å². The summed E-state index contributed by atoms with van der Waals surface area (Å²) in [6.45, 7) is 6.19. The summed E-state index contributed by atoms with van der Waals surface area (Å²) in [5.41, 5.74) is 4.21. The van der Waals surface area contributed by atoms with Crippen molar-refractivity contribution >= 4 is 17.8 Å². The fraction of sp³-hybridized carbons (Fsp3) is 0.500. The average Bonchev–Trinajstić information content (AvgIpc) is 2.85. The number of nitrogens with one attached hydrogen (secondary N) is 1. The van der Waals surface area contributed by atoms with E-state index in [1.54, 1.807) is 0 Å². The zero-order valence-corrected chi connectivity index (χ0v) is 22.2. The van der Waals surface area contributed by atoms with Crippen LogP contribution in [0.25, 0.3) is 11.1 Å². The molecule has 0 fully saturated rings. The minimum atomic E-state index is -0.920. The van der Waals surface area contributed by atoms with Crippen LogP contribution in [0.5, 0.6) is 0 Å². The van der Waals surface area contributed by atoms with E-state index < -0.39 is 17.5 Å². The van der Waals surface area contributed by atoms with Gasteiger partial charge in [0.05, 0.1) is 0 Å². The van der Waals surface area contributed by atoms with Gasteiger partial charge < -0.3 is 14.8 Å². The summed E-state index contributed by atoms with van der Waals surface area (Å²) < 4.78 is 10.4. The van der Waals surface area contributed by atoms with Crippen molar-refractivity contribution in [2.24, 2.45) is 0 Å². The molecule has 2 aromatic carbocycles. The lowest BCUT2D eigenvalue weighted by atomic mass is 9.92. The Hall–Kier alpha value is -3.15. The standard InChI is InChI=1S/C30H41NO5/c1-5-6-10-26-12-16-28(17-13-26)29-18-14-27(15-19-29)11-8-7-9-20-30(31-23(2)32,21-35-24(3)33)22-36-25(4)34/h12-19H,5-11,20-22H2,1-4H3,(H,31,32). The number of carbonyl (C=O) groups is 3. The highest BCUT2D eigenvalue weighted by Crippen LogP contribution is 2.23. The molecular formula is C30H41NO5. The molecule has 6 heteroatoms. The van der Waals surface area contributed by atoms with Crippen molar-refractivity contribution in [2.45, 2.75) is 84.6 Å². The monoisotopic (exact) mass is 495 g/mol. The molecule has 0 saturated carbocycles. The zero-order valence-electron chi connectivity index (χ0n) is 22.2. The highest BCUT2D eigenvalue weighted by Gasteiger charge is 2.33. The first kappa shape index (κ1) is 29.1. The van der Waals surface area contributed by atoms with Crippen molar-refractivity contribution < 1.29 is 23.9 Å². The Morgan fingerprint density at radius 1 is 0.694 bits per heavy atom. The Morgan fingerprint density at radius 3 is 1.58 bits per heavy atom. The molecule has 0 aliphatic heterocycles. The second kappa shape index (κ2) is 15.1. The maximum Gasteiger partial charge on any atom is 0.302 e.